The third-order valence-electron chi connectivity index (χ3n) is 3.97. The molecule has 3 amide bonds. The summed E-state index contributed by atoms with van der Waals surface area (Å²) in [5, 5.41) is 11.8. The number of aryl methyl sites for hydroxylation is 1. The zero-order chi connectivity index (χ0) is 16.6. The molecule has 6 nitrogen and oxygen atoms in total. The highest BCUT2D eigenvalue weighted by atomic mass is 16.3. The van der Waals surface area contributed by atoms with Gasteiger partial charge in [-0.2, -0.15) is 5.26 Å². The zero-order valence-corrected chi connectivity index (χ0v) is 12.8. The number of urea groups is 1. The van der Waals surface area contributed by atoms with Gasteiger partial charge in [-0.15, -0.1) is 0 Å². The first-order valence-electron chi connectivity index (χ1n) is 7.15. The Labute approximate surface area is 133 Å². The van der Waals surface area contributed by atoms with Crippen molar-refractivity contribution in [3.63, 3.8) is 0 Å². The van der Waals surface area contributed by atoms with Gasteiger partial charge in [0.15, 0.2) is 5.54 Å². The first kappa shape index (κ1) is 14.9. The molecule has 0 aliphatic carbocycles. The summed E-state index contributed by atoms with van der Waals surface area (Å²) < 4.78 is 5.52. The minimum atomic E-state index is -1.23. The van der Waals surface area contributed by atoms with E-state index in [9.17, 15) is 9.59 Å². The van der Waals surface area contributed by atoms with Crippen LogP contribution in [0.25, 0.3) is 0 Å². The summed E-state index contributed by atoms with van der Waals surface area (Å²) in [5.74, 6) is 0.658. The van der Waals surface area contributed by atoms with Crippen LogP contribution in [0.3, 0.4) is 0 Å². The molecule has 23 heavy (non-hydrogen) atoms. The van der Waals surface area contributed by atoms with Crippen molar-refractivity contribution in [3.05, 3.63) is 59.0 Å². The fourth-order valence-electron chi connectivity index (χ4n) is 2.65. The van der Waals surface area contributed by atoms with E-state index in [-0.39, 0.29) is 6.54 Å². The van der Waals surface area contributed by atoms with Gasteiger partial charge >= 0.3 is 6.03 Å². The van der Waals surface area contributed by atoms with E-state index in [4.69, 9.17) is 9.68 Å². The van der Waals surface area contributed by atoms with Gasteiger partial charge in [-0.05, 0) is 37.6 Å². The predicted octanol–water partition coefficient (Wildman–Crippen LogP) is 2.43. The molecule has 2 heterocycles. The molecule has 3 rings (SSSR count). The number of carbonyl (C=O) groups is 2. The summed E-state index contributed by atoms with van der Waals surface area (Å²) in [4.78, 5) is 26.1. The minimum absolute atomic E-state index is 0.0453. The van der Waals surface area contributed by atoms with Crippen molar-refractivity contribution >= 4 is 11.9 Å². The molecule has 0 radical (unpaired) electrons. The molecular formula is C17H15N3O3. The Morgan fingerprint density at radius 2 is 2.00 bits per heavy atom. The maximum atomic E-state index is 12.8. The van der Waals surface area contributed by atoms with Crippen molar-refractivity contribution < 1.29 is 14.0 Å². The monoisotopic (exact) mass is 309 g/mol. The largest absolute Gasteiger partial charge is 0.463 e. The Morgan fingerprint density at radius 1 is 1.26 bits per heavy atom. The normalized spacial score (nSPS) is 20.5. The molecule has 2 aromatic rings. The molecule has 1 atom stereocenters. The Balaban J connectivity index is 1.92. The van der Waals surface area contributed by atoms with E-state index < -0.39 is 17.5 Å². The number of hydrogen-bond donors (Lipinski definition) is 1. The van der Waals surface area contributed by atoms with Gasteiger partial charge in [-0.3, -0.25) is 9.69 Å². The van der Waals surface area contributed by atoms with Crippen LogP contribution in [0.15, 0.2) is 40.8 Å². The Morgan fingerprint density at radius 3 is 2.65 bits per heavy atom. The minimum Gasteiger partial charge on any atom is -0.463 e. The Kier molecular flexibility index (Phi) is 3.41. The van der Waals surface area contributed by atoms with E-state index in [0.29, 0.717) is 22.6 Å². The lowest BCUT2D eigenvalue weighted by Gasteiger charge is -2.19. The number of nitrogens with one attached hydrogen (secondary N) is 1. The number of imide groups is 1. The zero-order valence-electron chi connectivity index (χ0n) is 12.8. The van der Waals surface area contributed by atoms with E-state index in [2.05, 4.69) is 11.4 Å². The molecule has 1 N–H and O–H groups in total. The number of furan rings is 1. The molecule has 0 bridgehead atoms. The van der Waals surface area contributed by atoms with E-state index in [1.165, 1.54) is 0 Å². The molecule has 0 spiro atoms. The van der Waals surface area contributed by atoms with Gasteiger partial charge < -0.3 is 9.73 Å². The second kappa shape index (κ2) is 5.29. The Bertz CT molecular complexity index is 834. The summed E-state index contributed by atoms with van der Waals surface area (Å²) in [6.45, 7) is 3.43. The predicted molar refractivity (Wildman–Crippen MR) is 81.0 cm³/mol. The first-order chi connectivity index (χ1) is 11.0. The SMILES string of the molecule is Cc1ccc(C2(C)NC(=O)N(Cc3ccccc3C#N)C2=O)o1. The highest BCUT2D eigenvalue weighted by molar-refractivity contribution is 6.06. The van der Waals surface area contributed by atoms with Gasteiger partial charge in [0.05, 0.1) is 18.2 Å². The number of amides is 3. The van der Waals surface area contributed by atoms with Crippen LogP contribution in [0.2, 0.25) is 0 Å². The average molecular weight is 309 g/mol. The van der Waals surface area contributed by atoms with Crippen molar-refractivity contribution in [2.45, 2.75) is 25.9 Å². The quantitative estimate of drug-likeness (QED) is 0.882. The van der Waals surface area contributed by atoms with Gasteiger partial charge in [-0.25, -0.2) is 4.79 Å². The van der Waals surface area contributed by atoms with Crippen molar-refractivity contribution in [2.24, 2.45) is 0 Å². The van der Waals surface area contributed by atoms with Crippen LogP contribution in [0.1, 0.15) is 29.6 Å². The summed E-state index contributed by atoms with van der Waals surface area (Å²) in [6, 6.07) is 11.9. The van der Waals surface area contributed by atoms with Gasteiger partial charge in [0, 0.05) is 0 Å². The van der Waals surface area contributed by atoms with Crippen LogP contribution in [0, 0.1) is 18.3 Å². The van der Waals surface area contributed by atoms with Crippen molar-refractivity contribution in [2.75, 3.05) is 0 Å². The van der Waals surface area contributed by atoms with Crippen LogP contribution in [-0.2, 0) is 16.9 Å². The van der Waals surface area contributed by atoms with E-state index >= 15 is 0 Å². The third-order valence-corrected chi connectivity index (χ3v) is 3.97. The topological polar surface area (TPSA) is 86.3 Å². The third kappa shape index (κ3) is 2.36. The summed E-state index contributed by atoms with van der Waals surface area (Å²) >= 11 is 0. The van der Waals surface area contributed by atoms with Crippen LogP contribution < -0.4 is 5.32 Å². The molecule has 6 heteroatoms. The van der Waals surface area contributed by atoms with E-state index in [1.54, 1.807) is 50.2 Å². The number of hydrogen-bond acceptors (Lipinski definition) is 4. The van der Waals surface area contributed by atoms with Crippen LogP contribution in [0.4, 0.5) is 4.79 Å². The maximum Gasteiger partial charge on any atom is 0.325 e. The van der Waals surface area contributed by atoms with Crippen molar-refractivity contribution in [1.29, 1.82) is 5.26 Å². The standard InChI is InChI=1S/C17H15N3O3/c1-11-7-8-14(23-11)17(2)15(21)20(16(22)19-17)10-13-6-4-3-5-12(13)9-18/h3-8H,10H2,1-2H3,(H,19,22). The van der Waals surface area contributed by atoms with E-state index in [1.807, 2.05) is 0 Å². The van der Waals surface area contributed by atoms with Crippen molar-refractivity contribution in [1.82, 2.24) is 10.2 Å². The first-order valence-corrected chi connectivity index (χ1v) is 7.15. The van der Waals surface area contributed by atoms with Crippen molar-refractivity contribution in [3.8, 4) is 6.07 Å². The van der Waals surface area contributed by atoms with Crippen LogP contribution >= 0.6 is 0 Å². The highest BCUT2D eigenvalue weighted by Crippen LogP contribution is 2.31. The number of carbonyl (C=O) groups excluding carboxylic acids is 2. The lowest BCUT2D eigenvalue weighted by atomic mass is 9.99. The van der Waals surface area contributed by atoms with Gasteiger partial charge in [0.25, 0.3) is 5.91 Å². The second-order valence-electron chi connectivity index (χ2n) is 5.63. The number of nitrogens with zero attached hydrogens (tertiary/aromatic N) is 2. The molecule has 116 valence electrons. The molecule has 0 saturated carbocycles. The molecule has 1 aromatic carbocycles. The fraction of sp³-hybridized carbons (Fsp3) is 0.235. The molecule has 1 unspecified atom stereocenters. The maximum absolute atomic E-state index is 12.8. The average Bonchev–Trinajstić information content (AvgIpc) is 3.06. The Hall–Kier alpha value is -3.07. The molecule has 1 saturated heterocycles. The summed E-state index contributed by atoms with van der Waals surface area (Å²) in [6.07, 6.45) is 0. The lowest BCUT2D eigenvalue weighted by Crippen LogP contribution is -2.40. The molecule has 1 aromatic heterocycles. The lowest BCUT2D eigenvalue weighted by molar-refractivity contribution is -0.132. The van der Waals surface area contributed by atoms with E-state index in [0.717, 1.165) is 4.90 Å². The summed E-state index contributed by atoms with van der Waals surface area (Å²) in [7, 11) is 0. The molecule has 1 fully saturated rings. The molecular weight excluding hydrogens is 294 g/mol. The summed E-state index contributed by atoms with van der Waals surface area (Å²) in [5.41, 5.74) is -0.165. The van der Waals surface area contributed by atoms with Gasteiger partial charge in [-0.1, -0.05) is 18.2 Å². The molecule has 1 aliphatic rings. The van der Waals surface area contributed by atoms with Gasteiger partial charge in [0.2, 0.25) is 0 Å². The molecule has 1 aliphatic heterocycles. The smallest absolute Gasteiger partial charge is 0.325 e. The van der Waals surface area contributed by atoms with Crippen LogP contribution in [0.5, 0.6) is 0 Å². The van der Waals surface area contributed by atoms with Crippen LogP contribution in [-0.4, -0.2) is 16.8 Å². The van der Waals surface area contributed by atoms with Gasteiger partial charge in [0.1, 0.15) is 11.5 Å². The fourth-order valence-corrected chi connectivity index (χ4v) is 2.65. The highest BCUT2D eigenvalue weighted by Gasteiger charge is 2.51. The number of rotatable bonds is 3. The number of benzene rings is 1. The number of nitriles is 1. The second-order valence-corrected chi connectivity index (χ2v) is 5.63.